The van der Waals surface area contributed by atoms with Crippen molar-refractivity contribution in [1.29, 1.82) is 0 Å². The normalized spacial score (nSPS) is 19.6. The van der Waals surface area contributed by atoms with Crippen molar-refractivity contribution in [3.63, 3.8) is 0 Å². The third kappa shape index (κ3) is 2.36. The monoisotopic (exact) mass is 220 g/mol. The van der Waals surface area contributed by atoms with Gasteiger partial charge >= 0.3 is 0 Å². The number of phenols is 1. The summed E-state index contributed by atoms with van der Waals surface area (Å²) in [5.74, 6) is 1.01. The van der Waals surface area contributed by atoms with Gasteiger partial charge in [-0.1, -0.05) is 18.2 Å². The zero-order chi connectivity index (χ0) is 11.4. The third-order valence-electron chi connectivity index (χ3n) is 3.44. The summed E-state index contributed by atoms with van der Waals surface area (Å²) in [5, 5.41) is 16.6. The summed E-state index contributed by atoms with van der Waals surface area (Å²) >= 11 is 0. The fraction of sp³-hybridized carbons (Fsp3) is 0.538. The van der Waals surface area contributed by atoms with E-state index in [1.54, 1.807) is 6.07 Å². The molecule has 1 heterocycles. The van der Waals surface area contributed by atoms with Crippen LogP contribution < -0.4 is 10.6 Å². The molecule has 0 amide bonds. The smallest absolute Gasteiger partial charge is 0.120 e. The van der Waals surface area contributed by atoms with E-state index < -0.39 is 0 Å². The molecule has 2 rings (SSSR count). The lowest BCUT2D eigenvalue weighted by Crippen LogP contribution is -2.35. The fourth-order valence-corrected chi connectivity index (χ4v) is 2.57. The highest BCUT2D eigenvalue weighted by Gasteiger charge is 2.25. The second kappa shape index (κ2) is 5.32. The van der Waals surface area contributed by atoms with Gasteiger partial charge in [0.25, 0.3) is 0 Å². The van der Waals surface area contributed by atoms with Crippen LogP contribution in [0, 0.1) is 5.92 Å². The van der Waals surface area contributed by atoms with Gasteiger partial charge in [-0.25, -0.2) is 0 Å². The van der Waals surface area contributed by atoms with Gasteiger partial charge in [0.1, 0.15) is 5.75 Å². The number of phenolic OH excluding ortho intramolecular Hbond substituents is 1. The van der Waals surface area contributed by atoms with Crippen molar-refractivity contribution in [2.45, 2.75) is 18.9 Å². The summed E-state index contributed by atoms with van der Waals surface area (Å²) in [6, 6.07) is 7.90. The van der Waals surface area contributed by atoms with Gasteiger partial charge in [0.2, 0.25) is 0 Å². The Morgan fingerprint density at radius 1 is 1.31 bits per heavy atom. The zero-order valence-electron chi connectivity index (χ0n) is 9.74. The minimum absolute atomic E-state index is 0.267. The van der Waals surface area contributed by atoms with E-state index >= 15 is 0 Å². The van der Waals surface area contributed by atoms with Crippen LogP contribution in [0.15, 0.2) is 24.3 Å². The molecule has 3 heteroatoms. The first-order chi connectivity index (χ1) is 7.83. The lowest BCUT2D eigenvalue weighted by molar-refractivity contribution is 0.288. The van der Waals surface area contributed by atoms with Crippen LogP contribution in [0.5, 0.6) is 5.75 Å². The lowest BCUT2D eigenvalue weighted by Gasteiger charge is -2.31. The molecule has 1 aliphatic heterocycles. The number of hydrogen-bond donors (Lipinski definition) is 3. The molecule has 1 aromatic carbocycles. The van der Waals surface area contributed by atoms with Crippen LogP contribution >= 0.6 is 0 Å². The Hall–Kier alpha value is -1.06. The van der Waals surface area contributed by atoms with Crippen LogP contribution in [0.4, 0.5) is 0 Å². The van der Waals surface area contributed by atoms with Gasteiger partial charge in [-0.15, -0.1) is 0 Å². The molecule has 3 nitrogen and oxygen atoms in total. The van der Waals surface area contributed by atoms with Gasteiger partial charge in [-0.2, -0.15) is 0 Å². The zero-order valence-corrected chi connectivity index (χ0v) is 9.74. The molecule has 1 unspecified atom stereocenters. The quantitative estimate of drug-likeness (QED) is 0.726. The van der Waals surface area contributed by atoms with Gasteiger partial charge in [0, 0.05) is 11.6 Å². The van der Waals surface area contributed by atoms with Crippen LogP contribution in [0.2, 0.25) is 0 Å². The average Bonchev–Trinajstić information content (AvgIpc) is 2.34. The minimum Gasteiger partial charge on any atom is -0.508 e. The molecule has 16 heavy (non-hydrogen) atoms. The summed E-state index contributed by atoms with van der Waals surface area (Å²) in [6.07, 6.45) is 2.33. The summed E-state index contributed by atoms with van der Waals surface area (Å²) in [5.41, 5.74) is 1.02. The molecular weight excluding hydrogens is 200 g/mol. The molecule has 0 bridgehead atoms. The number of hydrogen-bond acceptors (Lipinski definition) is 3. The van der Waals surface area contributed by atoms with Crippen molar-refractivity contribution in [3.8, 4) is 5.75 Å². The highest BCUT2D eigenvalue weighted by molar-refractivity contribution is 5.35. The maximum Gasteiger partial charge on any atom is 0.120 e. The molecule has 1 atom stereocenters. The maximum absolute atomic E-state index is 9.89. The molecule has 1 saturated heterocycles. The second-order valence-electron chi connectivity index (χ2n) is 4.41. The van der Waals surface area contributed by atoms with Crippen molar-refractivity contribution >= 4 is 0 Å². The Kier molecular flexibility index (Phi) is 3.80. The largest absolute Gasteiger partial charge is 0.508 e. The molecule has 1 aromatic rings. The number of rotatable bonds is 3. The van der Waals surface area contributed by atoms with Crippen LogP contribution in [-0.4, -0.2) is 25.2 Å². The first kappa shape index (κ1) is 11.4. The maximum atomic E-state index is 9.89. The summed E-state index contributed by atoms with van der Waals surface area (Å²) in [4.78, 5) is 0. The lowest BCUT2D eigenvalue weighted by atomic mass is 9.86. The molecule has 1 fully saturated rings. The average molecular weight is 220 g/mol. The topological polar surface area (TPSA) is 44.3 Å². The molecule has 3 N–H and O–H groups in total. The van der Waals surface area contributed by atoms with Crippen LogP contribution in [-0.2, 0) is 0 Å². The van der Waals surface area contributed by atoms with Crippen molar-refractivity contribution in [1.82, 2.24) is 10.6 Å². The molecule has 0 radical (unpaired) electrons. The Morgan fingerprint density at radius 3 is 2.62 bits per heavy atom. The van der Waals surface area contributed by atoms with Crippen LogP contribution in [0.25, 0.3) is 0 Å². The Bertz CT molecular complexity index is 334. The molecule has 88 valence electrons. The Morgan fingerprint density at radius 2 is 2.00 bits per heavy atom. The highest BCUT2D eigenvalue weighted by Crippen LogP contribution is 2.33. The molecule has 0 aliphatic carbocycles. The SMILES string of the molecule is CNC(c1ccccc1O)C1CCNCC1. The van der Waals surface area contributed by atoms with E-state index in [2.05, 4.69) is 10.6 Å². The summed E-state index contributed by atoms with van der Waals surface area (Å²) in [6.45, 7) is 2.16. The van der Waals surface area contributed by atoms with Crippen LogP contribution in [0.1, 0.15) is 24.4 Å². The van der Waals surface area contributed by atoms with Crippen molar-refractivity contribution in [3.05, 3.63) is 29.8 Å². The van der Waals surface area contributed by atoms with Gasteiger partial charge in [0.15, 0.2) is 0 Å². The number of nitrogens with one attached hydrogen (secondary N) is 2. The number of aromatic hydroxyl groups is 1. The molecule has 1 aliphatic rings. The standard InChI is InChI=1S/C13H20N2O/c1-14-13(10-6-8-15-9-7-10)11-4-2-3-5-12(11)16/h2-5,10,13-16H,6-9H2,1H3. The number of para-hydroxylation sites is 1. The van der Waals surface area contributed by atoms with E-state index in [0.717, 1.165) is 18.7 Å². The van der Waals surface area contributed by atoms with E-state index in [1.165, 1.54) is 12.8 Å². The Balaban J connectivity index is 2.18. The number of piperidine rings is 1. The fourth-order valence-electron chi connectivity index (χ4n) is 2.57. The van der Waals surface area contributed by atoms with Gasteiger partial charge < -0.3 is 15.7 Å². The van der Waals surface area contributed by atoms with E-state index in [9.17, 15) is 5.11 Å². The predicted octanol–water partition coefficient (Wildman–Crippen LogP) is 1.65. The van der Waals surface area contributed by atoms with E-state index in [0.29, 0.717) is 11.7 Å². The third-order valence-corrected chi connectivity index (χ3v) is 3.44. The summed E-state index contributed by atoms with van der Waals surface area (Å²) in [7, 11) is 1.97. The van der Waals surface area contributed by atoms with Gasteiger partial charge in [-0.3, -0.25) is 0 Å². The first-order valence-corrected chi connectivity index (χ1v) is 5.99. The second-order valence-corrected chi connectivity index (χ2v) is 4.41. The first-order valence-electron chi connectivity index (χ1n) is 5.99. The number of benzene rings is 1. The van der Waals surface area contributed by atoms with Gasteiger partial charge in [-0.05, 0) is 45.0 Å². The molecule has 0 spiro atoms. The van der Waals surface area contributed by atoms with Crippen molar-refractivity contribution in [2.24, 2.45) is 5.92 Å². The minimum atomic E-state index is 0.267. The van der Waals surface area contributed by atoms with Crippen molar-refractivity contribution < 1.29 is 5.11 Å². The molecule has 0 saturated carbocycles. The van der Waals surface area contributed by atoms with Gasteiger partial charge in [0.05, 0.1) is 0 Å². The summed E-state index contributed by atoms with van der Waals surface area (Å²) < 4.78 is 0. The molecule has 0 aromatic heterocycles. The Labute approximate surface area is 96.9 Å². The van der Waals surface area contributed by atoms with Crippen LogP contribution in [0.3, 0.4) is 0 Å². The highest BCUT2D eigenvalue weighted by atomic mass is 16.3. The van der Waals surface area contributed by atoms with Crippen molar-refractivity contribution in [2.75, 3.05) is 20.1 Å². The van der Waals surface area contributed by atoms with E-state index in [1.807, 2.05) is 25.2 Å². The predicted molar refractivity (Wildman–Crippen MR) is 65.5 cm³/mol. The van der Waals surface area contributed by atoms with E-state index in [-0.39, 0.29) is 6.04 Å². The molecular formula is C13H20N2O. The van der Waals surface area contributed by atoms with E-state index in [4.69, 9.17) is 0 Å².